The number of aromatic nitrogens is 4. The molecule has 0 atom stereocenters. The van der Waals surface area contributed by atoms with Crippen LogP contribution in [0.2, 0.25) is 0 Å². The quantitative estimate of drug-likeness (QED) is 0.798. The van der Waals surface area contributed by atoms with Gasteiger partial charge in [-0.15, -0.1) is 0 Å². The van der Waals surface area contributed by atoms with Gasteiger partial charge in [0, 0.05) is 6.54 Å². The first-order valence-corrected chi connectivity index (χ1v) is 7.15. The van der Waals surface area contributed by atoms with Crippen molar-refractivity contribution in [2.75, 3.05) is 6.54 Å². The molecule has 3 aromatic rings. The van der Waals surface area contributed by atoms with E-state index >= 15 is 0 Å². The Morgan fingerprint density at radius 2 is 1.86 bits per heavy atom. The molecule has 0 amide bonds. The maximum atomic E-state index is 4.50. The van der Waals surface area contributed by atoms with Gasteiger partial charge in [0.2, 0.25) is 0 Å². The van der Waals surface area contributed by atoms with Crippen molar-refractivity contribution in [3.05, 3.63) is 47.7 Å². The molecule has 1 aromatic carbocycles. The summed E-state index contributed by atoms with van der Waals surface area (Å²) in [4.78, 5) is 13.4. The van der Waals surface area contributed by atoms with Crippen LogP contribution in [0.4, 0.5) is 0 Å². The van der Waals surface area contributed by atoms with Crippen LogP contribution in [0.15, 0.2) is 30.9 Å². The molecule has 0 bridgehead atoms. The predicted molar refractivity (Wildman–Crippen MR) is 83.5 cm³/mol. The molecule has 5 nitrogen and oxygen atoms in total. The highest BCUT2D eigenvalue weighted by Crippen LogP contribution is 2.20. The van der Waals surface area contributed by atoms with E-state index in [2.05, 4.69) is 53.2 Å². The monoisotopic (exact) mass is 281 g/mol. The van der Waals surface area contributed by atoms with Crippen LogP contribution in [0.1, 0.15) is 23.7 Å². The van der Waals surface area contributed by atoms with Gasteiger partial charge < -0.3 is 5.32 Å². The van der Waals surface area contributed by atoms with Gasteiger partial charge in [0.15, 0.2) is 5.82 Å². The van der Waals surface area contributed by atoms with Gasteiger partial charge in [0.25, 0.3) is 0 Å². The lowest BCUT2D eigenvalue weighted by atomic mass is 10.1. The van der Waals surface area contributed by atoms with Gasteiger partial charge in [-0.3, -0.25) is 9.55 Å². The smallest absolute Gasteiger partial charge is 0.156 e. The summed E-state index contributed by atoms with van der Waals surface area (Å²) in [7, 11) is 0. The lowest BCUT2D eigenvalue weighted by Crippen LogP contribution is -2.13. The van der Waals surface area contributed by atoms with Crippen molar-refractivity contribution >= 4 is 11.0 Å². The average Bonchev–Trinajstić information content (AvgIpc) is 2.89. The molecule has 0 saturated heterocycles. The predicted octanol–water partition coefficient (Wildman–Crippen LogP) is 2.54. The van der Waals surface area contributed by atoms with Gasteiger partial charge in [-0.2, -0.15) is 0 Å². The molecule has 2 aromatic heterocycles. The number of nitrogens with one attached hydrogen (secondary N) is 1. The van der Waals surface area contributed by atoms with Gasteiger partial charge in [-0.25, -0.2) is 9.97 Å². The second-order valence-corrected chi connectivity index (χ2v) is 5.19. The summed E-state index contributed by atoms with van der Waals surface area (Å²) in [5, 5.41) is 3.24. The molecule has 0 spiro atoms. The Morgan fingerprint density at radius 3 is 2.57 bits per heavy atom. The van der Waals surface area contributed by atoms with Crippen LogP contribution in [-0.2, 0) is 6.54 Å². The molecule has 0 saturated carbocycles. The molecule has 0 aliphatic carbocycles. The number of imidazole rings is 1. The summed E-state index contributed by atoms with van der Waals surface area (Å²) in [5.41, 5.74) is 5.49. The normalized spacial score (nSPS) is 11.2. The third-order valence-corrected chi connectivity index (χ3v) is 3.66. The number of rotatable bonds is 4. The van der Waals surface area contributed by atoms with Gasteiger partial charge in [0.05, 0.1) is 29.1 Å². The number of nitrogens with zero attached hydrogens (tertiary/aromatic N) is 4. The molecule has 0 unspecified atom stereocenters. The fourth-order valence-corrected chi connectivity index (χ4v) is 2.26. The number of hydrogen-bond acceptors (Lipinski definition) is 4. The summed E-state index contributed by atoms with van der Waals surface area (Å²) in [6.07, 6.45) is 5.41. The number of benzene rings is 1. The van der Waals surface area contributed by atoms with Crippen molar-refractivity contribution in [3.63, 3.8) is 0 Å². The molecule has 0 aliphatic heterocycles. The van der Waals surface area contributed by atoms with Crippen molar-refractivity contribution in [3.8, 4) is 5.82 Å². The molecule has 0 fully saturated rings. The van der Waals surface area contributed by atoms with Gasteiger partial charge in [-0.1, -0.05) is 6.92 Å². The van der Waals surface area contributed by atoms with Crippen molar-refractivity contribution in [1.82, 2.24) is 24.8 Å². The lowest BCUT2D eigenvalue weighted by molar-refractivity contribution is 0.706. The maximum Gasteiger partial charge on any atom is 0.156 e. The molecule has 3 rings (SSSR count). The van der Waals surface area contributed by atoms with Crippen molar-refractivity contribution in [1.29, 1.82) is 0 Å². The van der Waals surface area contributed by atoms with Crippen molar-refractivity contribution in [2.45, 2.75) is 27.3 Å². The van der Waals surface area contributed by atoms with Gasteiger partial charge in [0.1, 0.15) is 6.33 Å². The van der Waals surface area contributed by atoms with E-state index in [1.807, 2.05) is 10.8 Å². The molecule has 1 N–H and O–H groups in total. The highest BCUT2D eigenvalue weighted by atomic mass is 15.1. The average molecular weight is 281 g/mol. The minimum Gasteiger partial charge on any atom is -0.311 e. The first-order valence-electron chi connectivity index (χ1n) is 7.15. The third-order valence-electron chi connectivity index (χ3n) is 3.66. The van der Waals surface area contributed by atoms with Crippen LogP contribution in [0, 0.1) is 13.8 Å². The van der Waals surface area contributed by atoms with Crippen molar-refractivity contribution < 1.29 is 0 Å². The second-order valence-electron chi connectivity index (χ2n) is 5.19. The highest BCUT2D eigenvalue weighted by molar-refractivity contribution is 5.78. The Labute approximate surface area is 124 Å². The SMILES string of the molecule is CCNCc1cnc(-n2cnc3cc(C)c(C)cc32)cn1. The zero-order valence-electron chi connectivity index (χ0n) is 12.6. The van der Waals surface area contributed by atoms with Crippen LogP contribution in [0.5, 0.6) is 0 Å². The van der Waals surface area contributed by atoms with Crippen LogP contribution in [-0.4, -0.2) is 26.1 Å². The molecular weight excluding hydrogens is 262 g/mol. The Morgan fingerprint density at radius 1 is 1.05 bits per heavy atom. The minimum absolute atomic E-state index is 0.743. The molecule has 2 heterocycles. The largest absolute Gasteiger partial charge is 0.311 e. The Bertz CT molecular complexity index is 758. The fraction of sp³-hybridized carbons (Fsp3) is 0.312. The van der Waals surface area contributed by atoms with E-state index in [0.717, 1.165) is 35.6 Å². The van der Waals surface area contributed by atoms with E-state index in [0.29, 0.717) is 0 Å². The molecule has 0 aliphatic rings. The molecular formula is C16H19N5. The Hall–Kier alpha value is -2.27. The van der Waals surface area contributed by atoms with E-state index in [-0.39, 0.29) is 0 Å². The molecule has 21 heavy (non-hydrogen) atoms. The number of aryl methyl sites for hydroxylation is 2. The first-order chi connectivity index (χ1) is 10.2. The summed E-state index contributed by atoms with van der Waals surface area (Å²) in [6.45, 7) is 7.95. The van der Waals surface area contributed by atoms with Gasteiger partial charge >= 0.3 is 0 Å². The molecule has 108 valence electrons. The standard InChI is InChI=1S/C16H19N5/c1-4-17-7-13-8-19-16(9-18-13)21-10-20-14-5-11(2)12(3)6-15(14)21/h5-6,8-10,17H,4,7H2,1-3H3. The van der Waals surface area contributed by atoms with E-state index < -0.39 is 0 Å². The molecule has 0 radical (unpaired) electrons. The first kappa shape index (κ1) is 13.7. The maximum absolute atomic E-state index is 4.50. The third kappa shape index (κ3) is 2.64. The second kappa shape index (κ2) is 5.61. The zero-order valence-corrected chi connectivity index (χ0v) is 12.6. The van der Waals surface area contributed by atoms with E-state index in [1.54, 1.807) is 12.5 Å². The van der Waals surface area contributed by atoms with Crippen LogP contribution in [0.25, 0.3) is 16.9 Å². The summed E-state index contributed by atoms with van der Waals surface area (Å²) in [5.74, 6) is 0.793. The van der Waals surface area contributed by atoms with Crippen LogP contribution in [0.3, 0.4) is 0 Å². The summed E-state index contributed by atoms with van der Waals surface area (Å²) in [6, 6.07) is 4.25. The fourth-order valence-electron chi connectivity index (χ4n) is 2.26. The summed E-state index contributed by atoms with van der Waals surface area (Å²) < 4.78 is 1.98. The van der Waals surface area contributed by atoms with E-state index in [9.17, 15) is 0 Å². The Balaban J connectivity index is 1.98. The van der Waals surface area contributed by atoms with Crippen LogP contribution >= 0.6 is 0 Å². The molecule has 5 heteroatoms. The minimum atomic E-state index is 0.743. The zero-order chi connectivity index (χ0) is 14.8. The number of hydrogen-bond donors (Lipinski definition) is 1. The lowest BCUT2D eigenvalue weighted by Gasteiger charge is -2.06. The Kier molecular flexibility index (Phi) is 3.66. The van der Waals surface area contributed by atoms with E-state index in [1.165, 1.54) is 11.1 Å². The summed E-state index contributed by atoms with van der Waals surface area (Å²) >= 11 is 0. The van der Waals surface area contributed by atoms with Crippen molar-refractivity contribution in [2.24, 2.45) is 0 Å². The van der Waals surface area contributed by atoms with Gasteiger partial charge in [-0.05, 0) is 43.7 Å². The van der Waals surface area contributed by atoms with Crippen LogP contribution < -0.4 is 5.32 Å². The topological polar surface area (TPSA) is 55.6 Å². The number of fused-ring (bicyclic) bond motifs is 1. The highest BCUT2D eigenvalue weighted by Gasteiger charge is 2.08. The van der Waals surface area contributed by atoms with E-state index in [4.69, 9.17) is 0 Å².